The number of carboxylic acids is 1. The first-order chi connectivity index (χ1) is 15.3. The number of likely N-dealkylation sites (tertiary alicyclic amines) is 1. The van der Waals surface area contributed by atoms with E-state index in [1.165, 1.54) is 30.5 Å². The predicted molar refractivity (Wildman–Crippen MR) is 128 cm³/mol. The molecule has 1 saturated heterocycles. The fraction of sp³-hybridized carbons (Fsp3) is 0.741. The topological polar surface area (TPSA) is 72.8 Å². The number of carbonyl (C=O) groups is 1. The van der Waals surface area contributed by atoms with Crippen LogP contribution in [0.5, 0.6) is 5.75 Å². The molecule has 1 aliphatic heterocycles. The maximum Gasteiger partial charge on any atom is 0.320 e. The van der Waals surface area contributed by atoms with Gasteiger partial charge in [0.25, 0.3) is 0 Å². The number of nitrogens with zero attached hydrogens (tertiary/aromatic N) is 1. The van der Waals surface area contributed by atoms with Crippen molar-refractivity contribution in [3.63, 3.8) is 0 Å². The Labute approximate surface area is 193 Å². The summed E-state index contributed by atoms with van der Waals surface area (Å²) in [7, 11) is 0. The smallest absolute Gasteiger partial charge is 0.320 e. The number of unbranched alkanes of at least 4 members (excludes halogenated alkanes) is 1. The number of piperidine rings is 1. The molecule has 3 N–H and O–H groups in total. The SMILES string of the molecule is CC(C)C[C@H](NCCCC[C@]12CCN(CC3CC3)[C@H](Cc3ccc(O)cc31)[C@@H]2C)C(=O)O. The van der Waals surface area contributed by atoms with Crippen molar-refractivity contribution in [3.05, 3.63) is 29.3 Å². The summed E-state index contributed by atoms with van der Waals surface area (Å²) in [6.45, 7) is 9.75. The van der Waals surface area contributed by atoms with Crippen molar-refractivity contribution in [1.29, 1.82) is 0 Å². The number of aliphatic carboxylic acids is 1. The number of nitrogens with one attached hydrogen (secondary N) is 1. The number of fused-ring (bicyclic) bond motifs is 4. The Morgan fingerprint density at radius 1 is 1.28 bits per heavy atom. The Bertz CT molecular complexity index is 806. The molecule has 0 unspecified atom stereocenters. The zero-order valence-electron chi connectivity index (χ0n) is 20.1. The van der Waals surface area contributed by atoms with Crippen molar-refractivity contribution < 1.29 is 15.0 Å². The van der Waals surface area contributed by atoms with Crippen molar-refractivity contribution in [2.75, 3.05) is 19.6 Å². The minimum absolute atomic E-state index is 0.126. The molecule has 4 atom stereocenters. The lowest BCUT2D eigenvalue weighted by Crippen LogP contribution is -2.59. The number of benzene rings is 1. The van der Waals surface area contributed by atoms with Gasteiger partial charge in [0.2, 0.25) is 0 Å². The molecule has 4 rings (SSSR count). The molecule has 2 aliphatic carbocycles. The summed E-state index contributed by atoms with van der Waals surface area (Å²) in [5.41, 5.74) is 2.93. The maximum atomic E-state index is 11.5. The molecule has 32 heavy (non-hydrogen) atoms. The van der Waals surface area contributed by atoms with E-state index in [1.807, 2.05) is 12.1 Å². The highest BCUT2D eigenvalue weighted by atomic mass is 16.4. The highest BCUT2D eigenvalue weighted by molar-refractivity contribution is 5.73. The molecule has 178 valence electrons. The van der Waals surface area contributed by atoms with Gasteiger partial charge in [-0.05, 0) is 99.0 Å². The highest BCUT2D eigenvalue weighted by Gasteiger charge is 2.51. The summed E-state index contributed by atoms with van der Waals surface area (Å²) in [5, 5.41) is 23.0. The van der Waals surface area contributed by atoms with Gasteiger partial charge in [-0.1, -0.05) is 33.3 Å². The summed E-state index contributed by atoms with van der Waals surface area (Å²) >= 11 is 0. The van der Waals surface area contributed by atoms with Crippen molar-refractivity contribution in [2.45, 2.75) is 89.6 Å². The van der Waals surface area contributed by atoms with Gasteiger partial charge in [0, 0.05) is 18.0 Å². The molecule has 1 aromatic rings. The predicted octanol–water partition coefficient (Wildman–Crippen LogP) is 4.57. The monoisotopic (exact) mass is 442 g/mol. The molecular formula is C27H42N2O3. The minimum atomic E-state index is -0.742. The fourth-order valence-corrected chi connectivity index (χ4v) is 6.47. The number of phenols is 1. The Morgan fingerprint density at radius 3 is 2.75 bits per heavy atom. The summed E-state index contributed by atoms with van der Waals surface area (Å²) in [4.78, 5) is 14.3. The van der Waals surface area contributed by atoms with E-state index in [4.69, 9.17) is 0 Å². The fourth-order valence-electron chi connectivity index (χ4n) is 6.47. The number of hydrogen-bond acceptors (Lipinski definition) is 4. The van der Waals surface area contributed by atoms with Crippen molar-refractivity contribution >= 4 is 5.97 Å². The summed E-state index contributed by atoms with van der Waals surface area (Å²) in [5.74, 6) is 1.50. The van der Waals surface area contributed by atoms with Gasteiger partial charge < -0.3 is 15.5 Å². The van der Waals surface area contributed by atoms with E-state index < -0.39 is 12.0 Å². The molecule has 0 radical (unpaired) electrons. The minimum Gasteiger partial charge on any atom is -0.508 e. The van der Waals surface area contributed by atoms with Crippen LogP contribution in [0.2, 0.25) is 0 Å². The van der Waals surface area contributed by atoms with Gasteiger partial charge in [0.05, 0.1) is 0 Å². The third-order valence-corrected chi connectivity index (χ3v) is 8.46. The average Bonchev–Trinajstić information content (AvgIpc) is 3.55. The molecule has 2 bridgehead atoms. The van der Waals surface area contributed by atoms with Crippen molar-refractivity contribution in [2.24, 2.45) is 17.8 Å². The lowest BCUT2D eigenvalue weighted by atomic mass is 9.56. The van der Waals surface area contributed by atoms with Gasteiger partial charge in [0.1, 0.15) is 11.8 Å². The molecule has 1 saturated carbocycles. The lowest BCUT2D eigenvalue weighted by Gasteiger charge is -2.56. The number of phenolic OH excluding ortho intramolecular Hbond substituents is 1. The Kier molecular flexibility index (Phi) is 7.16. The van der Waals surface area contributed by atoms with E-state index in [-0.39, 0.29) is 5.41 Å². The second-order valence-corrected chi connectivity index (χ2v) is 11.2. The van der Waals surface area contributed by atoms with Crippen LogP contribution in [0.15, 0.2) is 18.2 Å². The van der Waals surface area contributed by atoms with Crippen LogP contribution in [-0.4, -0.2) is 52.8 Å². The van der Waals surface area contributed by atoms with Gasteiger partial charge in [-0.3, -0.25) is 9.69 Å². The average molecular weight is 443 g/mol. The maximum absolute atomic E-state index is 11.5. The number of rotatable bonds is 11. The quantitative estimate of drug-likeness (QED) is 0.438. The standard InChI is InChI=1S/C27H42N2O3/c1-18(2)14-24(26(31)32)28-12-5-4-10-27-11-13-29(17-20-6-7-20)25(19(27)3)15-21-8-9-22(30)16-23(21)27/h8-9,16,18-20,24-25,28,30H,4-7,10-15,17H2,1-3H3,(H,31,32)/t19-,24-,25+,27+/m0/s1. The Morgan fingerprint density at radius 2 is 2.06 bits per heavy atom. The lowest BCUT2D eigenvalue weighted by molar-refractivity contribution is -0.139. The van der Waals surface area contributed by atoms with Crippen LogP contribution in [0.1, 0.15) is 76.8 Å². The van der Waals surface area contributed by atoms with E-state index in [0.29, 0.717) is 30.0 Å². The largest absolute Gasteiger partial charge is 0.508 e. The van der Waals surface area contributed by atoms with E-state index in [0.717, 1.165) is 51.1 Å². The molecule has 0 amide bonds. The van der Waals surface area contributed by atoms with Crippen molar-refractivity contribution in [1.82, 2.24) is 10.2 Å². The molecule has 3 aliphatic rings. The summed E-state index contributed by atoms with van der Waals surface area (Å²) < 4.78 is 0. The molecule has 0 spiro atoms. The van der Waals surface area contributed by atoms with Crippen LogP contribution >= 0.6 is 0 Å². The zero-order chi connectivity index (χ0) is 22.9. The summed E-state index contributed by atoms with van der Waals surface area (Å²) in [6.07, 6.45) is 8.90. The summed E-state index contributed by atoms with van der Waals surface area (Å²) in [6, 6.07) is 6.20. The molecule has 5 heteroatoms. The second kappa shape index (κ2) is 9.72. The van der Waals surface area contributed by atoms with E-state index in [1.54, 1.807) is 0 Å². The molecule has 1 aromatic carbocycles. The van der Waals surface area contributed by atoms with Gasteiger partial charge in [-0.25, -0.2) is 0 Å². The third kappa shape index (κ3) is 4.99. The molecule has 0 aromatic heterocycles. The first-order valence-electron chi connectivity index (χ1n) is 12.8. The van der Waals surface area contributed by atoms with Crippen LogP contribution in [-0.2, 0) is 16.6 Å². The normalized spacial score (nSPS) is 28.5. The van der Waals surface area contributed by atoms with Crippen LogP contribution in [0.25, 0.3) is 0 Å². The van der Waals surface area contributed by atoms with E-state index in [9.17, 15) is 15.0 Å². The van der Waals surface area contributed by atoms with Crippen LogP contribution < -0.4 is 5.32 Å². The van der Waals surface area contributed by atoms with Gasteiger partial charge in [0.15, 0.2) is 0 Å². The van der Waals surface area contributed by atoms with E-state index >= 15 is 0 Å². The number of aromatic hydroxyl groups is 1. The molecular weight excluding hydrogens is 400 g/mol. The van der Waals surface area contributed by atoms with E-state index in [2.05, 4.69) is 37.1 Å². The van der Waals surface area contributed by atoms with Gasteiger partial charge in [-0.2, -0.15) is 0 Å². The van der Waals surface area contributed by atoms with Crippen LogP contribution in [0, 0.1) is 17.8 Å². The van der Waals surface area contributed by atoms with Crippen molar-refractivity contribution in [3.8, 4) is 5.75 Å². The van der Waals surface area contributed by atoms with Crippen LogP contribution in [0.4, 0.5) is 0 Å². The van der Waals surface area contributed by atoms with Crippen LogP contribution in [0.3, 0.4) is 0 Å². The first kappa shape index (κ1) is 23.6. The molecule has 2 fully saturated rings. The second-order valence-electron chi connectivity index (χ2n) is 11.2. The van der Waals surface area contributed by atoms with Gasteiger partial charge >= 0.3 is 5.97 Å². The van der Waals surface area contributed by atoms with Gasteiger partial charge in [-0.15, -0.1) is 0 Å². The zero-order valence-corrected chi connectivity index (χ0v) is 20.1. The Balaban J connectivity index is 1.43. The number of carboxylic acid groups (broad SMARTS) is 1. The third-order valence-electron chi connectivity index (χ3n) is 8.46. The molecule has 1 heterocycles. The molecule has 5 nitrogen and oxygen atoms in total. The highest BCUT2D eigenvalue weighted by Crippen LogP contribution is 2.52. The number of hydrogen-bond donors (Lipinski definition) is 3. The first-order valence-corrected chi connectivity index (χ1v) is 12.8. The Hall–Kier alpha value is -1.59.